The maximum Gasteiger partial charge on any atom is 0.356 e. The number of carbonyl (C=O) groups is 1. The zero-order chi connectivity index (χ0) is 15.5. The normalized spacial score (nSPS) is 10.6. The topological polar surface area (TPSA) is 67.9 Å². The standard InChI is InChI=1S/C16H15N3O2S/c1-3-21-16(20)14-10(2)13(18-19-14)12-9-17-15(22-12)11-7-5-4-6-8-11/h4-9H,3H2,1-2H3,(H,18,19). The van der Waals surface area contributed by atoms with E-state index in [4.69, 9.17) is 4.74 Å². The summed E-state index contributed by atoms with van der Waals surface area (Å²) in [4.78, 5) is 17.2. The van der Waals surface area contributed by atoms with Gasteiger partial charge >= 0.3 is 5.97 Å². The number of esters is 1. The molecule has 3 aromatic rings. The maximum atomic E-state index is 11.8. The van der Waals surface area contributed by atoms with Gasteiger partial charge in [0.2, 0.25) is 0 Å². The summed E-state index contributed by atoms with van der Waals surface area (Å²) in [6.45, 7) is 3.97. The second-order valence-electron chi connectivity index (χ2n) is 4.69. The number of aromatic nitrogens is 3. The van der Waals surface area contributed by atoms with Crippen molar-refractivity contribution in [2.45, 2.75) is 13.8 Å². The van der Waals surface area contributed by atoms with E-state index in [0.717, 1.165) is 26.7 Å². The molecule has 112 valence electrons. The quantitative estimate of drug-likeness (QED) is 0.746. The number of benzene rings is 1. The zero-order valence-electron chi connectivity index (χ0n) is 12.3. The molecule has 0 saturated carbocycles. The molecule has 1 N–H and O–H groups in total. The lowest BCUT2D eigenvalue weighted by molar-refractivity contribution is 0.0518. The van der Waals surface area contributed by atoms with E-state index >= 15 is 0 Å². The fourth-order valence-corrected chi connectivity index (χ4v) is 3.11. The number of rotatable bonds is 4. The van der Waals surface area contributed by atoms with Gasteiger partial charge in [-0.15, -0.1) is 11.3 Å². The average Bonchev–Trinajstić information content (AvgIpc) is 3.15. The highest BCUT2D eigenvalue weighted by Gasteiger charge is 2.19. The lowest BCUT2D eigenvalue weighted by atomic mass is 10.2. The number of ether oxygens (including phenoxy) is 1. The summed E-state index contributed by atoms with van der Waals surface area (Å²) in [6.07, 6.45) is 1.78. The molecule has 2 aromatic heterocycles. The summed E-state index contributed by atoms with van der Waals surface area (Å²) in [7, 11) is 0. The number of aromatic amines is 1. The van der Waals surface area contributed by atoms with Gasteiger partial charge in [0.15, 0.2) is 0 Å². The van der Waals surface area contributed by atoms with Crippen LogP contribution >= 0.6 is 11.3 Å². The monoisotopic (exact) mass is 313 g/mol. The van der Waals surface area contributed by atoms with Crippen molar-refractivity contribution in [1.82, 2.24) is 15.2 Å². The van der Waals surface area contributed by atoms with Crippen molar-refractivity contribution in [2.24, 2.45) is 0 Å². The third-order valence-corrected chi connectivity index (χ3v) is 4.30. The first-order chi connectivity index (χ1) is 10.7. The number of thiazole rings is 1. The molecule has 0 bridgehead atoms. The molecule has 0 unspecified atom stereocenters. The van der Waals surface area contributed by atoms with Crippen LogP contribution in [0.1, 0.15) is 23.0 Å². The van der Waals surface area contributed by atoms with Crippen molar-refractivity contribution < 1.29 is 9.53 Å². The van der Waals surface area contributed by atoms with Gasteiger partial charge in [0, 0.05) is 17.3 Å². The first-order valence-electron chi connectivity index (χ1n) is 6.94. The largest absolute Gasteiger partial charge is 0.461 e. The van der Waals surface area contributed by atoms with Crippen LogP contribution in [0.5, 0.6) is 0 Å². The SMILES string of the molecule is CCOC(=O)c1[nH]nc(-c2cnc(-c3ccccc3)s2)c1C. The minimum atomic E-state index is -0.383. The summed E-state index contributed by atoms with van der Waals surface area (Å²) in [5, 5.41) is 7.93. The third kappa shape index (κ3) is 2.65. The molecule has 6 heteroatoms. The number of nitrogens with one attached hydrogen (secondary N) is 1. The van der Waals surface area contributed by atoms with Crippen LogP contribution in [0, 0.1) is 6.92 Å². The highest BCUT2D eigenvalue weighted by Crippen LogP contribution is 2.33. The van der Waals surface area contributed by atoms with Crippen LogP contribution in [-0.4, -0.2) is 27.8 Å². The van der Waals surface area contributed by atoms with E-state index in [-0.39, 0.29) is 5.97 Å². The Kier molecular flexibility index (Phi) is 4.02. The molecule has 22 heavy (non-hydrogen) atoms. The Hall–Kier alpha value is -2.47. The fraction of sp³-hybridized carbons (Fsp3) is 0.188. The molecule has 0 atom stereocenters. The first-order valence-corrected chi connectivity index (χ1v) is 7.76. The third-order valence-electron chi connectivity index (χ3n) is 3.25. The van der Waals surface area contributed by atoms with E-state index in [1.54, 1.807) is 24.5 Å². The average molecular weight is 313 g/mol. The van der Waals surface area contributed by atoms with E-state index in [1.807, 2.05) is 37.3 Å². The van der Waals surface area contributed by atoms with Gasteiger partial charge in [-0.1, -0.05) is 30.3 Å². The number of hydrogen-bond acceptors (Lipinski definition) is 5. The van der Waals surface area contributed by atoms with E-state index < -0.39 is 0 Å². The Morgan fingerprint density at radius 1 is 1.32 bits per heavy atom. The van der Waals surface area contributed by atoms with Crippen LogP contribution in [0.15, 0.2) is 36.5 Å². The minimum Gasteiger partial charge on any atom is -0.461 e. The molecule has 0 fully saturated rings. The van der Waals surface area contributed by atoms with Crippen LogP contribution in [0.2, 0.25) is 0 Å². The van der Waals surface area contributed by atoms with Crippen molar-refractivity contribution >= 4 is 17.3 Å². The van der Waals surface area contributed by atoms with Crippen LogP contribution < -0.4 is 0 Å². The van der Waals surface area contributed by atoms with Gasteiger partial charge in [0.25, 0.3) is 0 Å². The van der Waals surface area contributed by atoms with Gasteiger partial charge in [-0.05, 0) is 13.8 Å². The summed E-state index contributed by atoms with van der Waals surface area (Å²) >= 11 is 1.55. The fourth-order valence-electron chi connectivity index (χ4n) is 2.14. The Balaban J connectivity index is 1.93. The van der Waals surface area contributed by atoms with Gasteiger partial charge in [-0.25, -0.2) is 9.78 Å². The predicted octanol–water partition coefficient (Wildman–Crippen LogP) is 3.69. The molecule has 5 nitrogen and oxygen atoms in total. The highest BCUT2D eigenvalue weighted by atomic mass is 32.1. The van der Waals surface area contributed by atoms with E-state index in [2.05, 4.69) is 15.2 Å². The maximum absolute atomic E-state index is 11.8. The minimum absolute atomic E-state index is 0.339. The first kappa shape index (κ1) is 14.5. The van der Waals surface area contributed by atoms with Crippen LogP contribution in [0.25, 0.3) is 21.1 Å². The molecule has 0 spiro atoms. The van der Waals surface area contributed by atoms with Crippen LogP contribution in [0.3, 0.4) is 0 Å². The number of hydrogen-bond donors (Lipinski definition) is 1. The molecule has 0 amide bonds. The summed E-state index contributed by atoms with van der Waals surface area (Å²) < 4.78 is 5.01. The molecule has 2 heterocycles. The Labute approximate surface area is 132 Å². The van der Waals surface area contributed by atoms with Crippen LogP contribution in [0.4, 0.5) is 0 Å². The van der Waals surface area contributed by atoms with Gasteiger partial charge in [0.05, 0.1) is 11.5 Å². The van der Waals surface area contributed by atoms with Crippen molar-refractivity contribution in [2.75, 3.05) is 6.61 Å². The van der Waals surface area contributed by atoms with Crippen molar-refractivity contribution in [3.8, 4) is 21.1 Å². The van der Waals surface area contributed by atoms with Gasteiger partial charge in [0.1, 0.15) is 16.4 Å². The number of H-pyrrole nitrogens is 1. The Bertz CT molecular complexity index is 793. The van der Waals surface area contributed by atoms with Gasteiger partial charge in [-0.2, -0.15) is 5.10 Å². The molecule has 0 saturated heterocycles. The van der Waals surface area contributed by atoms with E-state index in [0.29, 0.717) is 12.3 Å². The predicted molar refractivity (Wildman–Crippen MR) is 85.8 cm³/mol. The number of nitrogens with zero attached hydrogens (tertiary/aromatic N) is 2. The molecule has 1 aromatic carbocycles. The second-order valence-corrected chi connectivity index (χ2v) is 5.72. The van der Waals surface area contributed by atoms with Gasteiger partial charge < -0.3 is 4.74 Å². The lowest BCUT2D eigenvalue weighted by Crippen LogP contribution is -2.06. The van der Waals surface area contributed by atoms with Crippen molar-refractivity contribution in [3.05, 3.63) is 47.8 Å². The molecular formula is C16H15N3O2S. The molecule has 3 rings (SSSR count). The van der Waals surface area contributed by atoms with Crippen molar-refractivity contribution in [1.29, 1.82) is 0 Å². The van der Waals surface area contributed by atoms with Gasteiger partial charge in [-0.3, -0.25) is 5.10 Å². The molecule has 0 aliphatic heterocycles. The van der Waals surface area contributed by atoms with Crippen LogP contribution in [-0.2, 0) is 4.74 Å². The molecule has 0 aliphatic rings. The molecular weight excluding hydrogens is 298 g/mol. The Morgan fingerprint density at radius 3 is 2.82 bits per heavy atom. The smallest absolute Gasteiger partial charge is 0.356 e. The lowest BCUT2D eigenvalue weighted by Gasteiger charge is -1.99. The van der Waals surface area contributed by atoms with E-state index in [1.165, 1.54) is 0 Å². The number of carbonyl (C=O) groups excluding carboxylic acids is 1. The molecule has 0 aliphatic carbocycles. The summed E-state index contributed by atoms with van der Waals surface area (Å²) in [6, 6.07) is 9.97. The second kappa shape index (κ2) is 6.11. The highest BCUT2D eigenvalue weighted by molar-refractivity contribution is 7.18. The van der Waals surface area contributed by atoms with E-state index in [9.17, 15) is 4.79 Å². The zero-order valence-corrected chi connectivity index (χ0v) is 13.1. The molecule has 0 radical (unpaired) electrons. The summed E-state index contributed by atoms with van der Waals surface area (Å²) in [5.41, 5.74) is 2.98. The van der Waals surface area contributed by atoms with Crippen molar-refractivity contribution in [3.63, 3.8) is 0 Å². The summed E-state index contributed by atoms with van der Waals surface area (Å²) in [5.74, 6) is -0.383. The Morgan fingerprint density at radius 2 is 2.09 bits per heavy atom.